The zero-order chi connectivity index (χ0) is 16.3. The molecule has 0 atom stereocenters. The van der Waals surface area contributed by atoms with Crippen LogP contribution >= 0.6 is 0 Å². The second-order valence-electron chi connectivity index (χ2n) is 7.24. The summed E-state index contributed by atoms with van der Waals surface area (Å²) in [6.07, 6.45) is 3.99. The van der Waals surface area contributed by atoms with Gasteiger partial charge in [-0.2, -0.15) is 0 Å². The molecule has 1 aromatic carbocycles. The zero-order valence-corrected chi connectivity index (χ0v) is 14.1. The maximum Gasteiger partial charge on any atom is 0.222 e. The molecule has 2 fully saturated rings. The van der Waals surface area contributed by atoms with E-state index in [1.807, 2.05) is 4.90 Å². The van der Waals surface area contributed by atoms with E-state index >= 15 is 0 Å². The van der Waals surface area contributed by atoms with E-state index in [2.05, 4.69) is 36.1 Å². The number of carbonyl (C=O) groups is 1. The van der Waals surface area contributed by atoms with Gasteiger partial charge in [-0.15, -0.1) is 0 Å². The van der Waals surface area contributed by atoms with Crippen LogP contribution in [0.3, 0.4) is 0 Å². The third-order valence-corrected chi connectivity index (χ3v) is 5.69. The Morgan fingerprint density at radius 3 is 2.61 bits per heavy atom. The highest BCUT2D eigenvalue weighted by molar-refractivity contribution is 5.77. The van der Waals surface area contributed by atoms with Crippen molar-refractivity contribution < 1.29 is 9.90 Å². The zero-order valence-electron chi connectivity index (χ0n) is 14.1. The Kier molecular flexibility index (Phi) is 5.02. The molecule has 0 radical (unpaired) electrons. The third-order valence-electron chi connectivity index (χ3n) is 5.69. The van der Waals surface area contributed by atoms with Crippen molar-refractivity contribution in [1.82, 2.24) is 9.80 Å². The summed E-state index contributed by atoms with van der Waals surface area (Å²) in [7, 11) is 0. The maximum absolute atomic E-state index is 12.0. The van der Waals surface area contributed by atoms with Crippen molar-refractivity contribution in [1.29, 1.82) is 0 Å². The van der Waals surface area contributed by atoms with Crippen LogP contribution in [0.4, 0.5) is 0 Å². The lowest BCUT2D eigenvalue weighted by molar-refractivity contribution is -0.139. The lowest BCUT2D eigenvalue weighted by Crippen LogP contribution is -2.51. The van der Waals surface area contributed by atoms with Gasteiger partial charge in [0.1, 0.15) is 0 Å². The monoisotopic (exact) mass is 316 g/mol. The molecule has 4 heteroatoms. The highest BCUT2D eigenvalue weighted by atomic mass is 16.3. The minimum atomic E-state index is 0.0707. The smallest absolute Gasteiger partial charge is 0.222 e. The summed E-state index contributed by atoms with van der Waals surface area (Å²) in [6, 6.07) is 8.62. The largest absolute Gasteiger partial charge is 0.395 e. The molecule has 126 valence electrons. The van der Waals surface area contributed by atoms with Crippen LogP contribution < -0.4 is 0 Å². The van der Waals surface area contributed by atoms with Crippen molar-refractivity contribution in [3.63, 3.8) is 0 Å². The average molecular weight is 316 g/mol. The van der Waals surface area contributed by atoms with Gasteiger partial charge in [-0.3, -0.25) is 9.69 Å². The molecule has 23 heavy (non-hydrogen) atoms. The van der Waals surface area contributed by atoms with Gasteiger partial charge >= 0.3 is 0 Å². The van der Waals surface area contributed by atoms with E-state index in [4.69, 9.17) is 5.11 Å². The number of carbonyl (C=O) groups excluding carboxylic acids is 1. The third kappa shape index (κ3) is 3.75. The van der Waals surface area contributed by atoms with Gasteiger partial charge in [0, 0.05) is 26.1 Å². The van der Waals surface area contributed by atoms with Crippen LogP contribution in [0.25, 0.3) is 0 Å². The molecule has 2 aliphatic heterocycles. The van der Waals surface area contributed by atoms with Gasteiger partial charge in [0.2, 0.25) is 5.91 Å². The Morgan fingerprint density at radius 1 is 1.17 bits per heavy atom. The highest BCUT2D eigenvalue weighted by Gasteiger charge is 2.40. The van der Waals surface area contributed by atoms with E-state index in [1.165, 1.54) is 11.1 Å². The van der Waals surface area contributed by atoms with Crippen LogP contribution in [0.15, 0.2) is 24.3 Å². The highest BCUT2D eigenvalue weighted by Crippen LogP contribution is 2.40. The molecule has 0 aromatic heterocycles. The van der Waals surface area contributed by atoms with Gasteiger partial charge in [0.25, 0.3) is 0 Å². The van der Waals surface area contributed by atoms with Crippen LogP contribution in [0.5, 0.6) is 0 Å². The van der Waals surface area contributed by atoms with E-state index < -0.39 is 0 Å². The second-order valence-corrected chi connectivity index (χ2v) is 7.24. The normalized spacial score (nSPS) is 21.8. The summed E-state index contributed by atoms with van der Waals surface area (Å²) >= 11 is 0. The molecule has 0 unspecified atom stereocenters. The first-order valence-electron chi connectivity index (χ1n) is 8.77. The number of aryl methyl sites for hydroxylation is 1. The molecule has 2 heterocycles. The van der Waals surface area contributed by atoms with Gasteiger partial charge in [-0.25, -0.2) is 0 Å². The fraction of sp³-hybridized carbons (Fsp3) is 0.632. The Morgan fingerprint density at radius 2 is 1.91 bits per heavy atom. The lowest BCUT2D eigenvalue weighted by Gasteiger charge is -2.47. The minimum Gasteiger partial charge on any atom is -0.395 e. The molecule has 1 spiro atoms. The van der Waals surface area contributed by atoms with Gasteiger partial charge in [-0.05, 0) is 55.8 Å². The van der Waals surface area contributed by atoms with Crippen LogP contribution in [-0.2, 0) is 11.3 Å². The number of benzene rings is 1. The molecule has 3 rings (SSSR count). The van der Waals surface area contributed by atoms with E-state index in [0.717, 1.165) is 45.4 Å². The average Bonchev–Trinajstić information content (AvgIpc) is 2.56. The summed E-state index contributed by atoms with van der Waals surface area (Å²) in [5, 5.41) is 9.15. The number of aliphatic hydroxyl groups excluding tert-OH is 1. The van der Waals surface area contributed by atoms with Crippen LogP contribution in [-0.4, -0.2) is 53.6 Å². The van der Waals surface area contributed by atoms with Gasteiger partial charge in [0.15, 0.2) is 0 Å². The topological polar surface area (TPSA) is 43.8 Å². The molecule has 0 aliphatic carbocycles. The van der Waals surface area contributed by atoms with Crippen molar-refractivity contribution in [2.75, 3.05) is 32.8 Å². The standard InChI is InChI=1S/C19H28N2O2/c1-16-4-2-3-5-17(16)14-20-10-8-19(9-11-20)7-6-18(23)21(15-19)12-13-22/h2-5,22H,6-15H2,1H3. The number of hydrogen-bond acceptors (Lipinski definition) is 3. The fourth-order valence-corrected chi connectivity index (χ4v) is 4.05. The molecule has 4 nitrogen and oxygen atoms in total. The Labute approximate surface area is 139 Å². The van der Waals surface area contributed by atoms with Gasteiger partial charge in [0.05, 0.1) is 6.61 Å². The number of aliphatic hydroxyl groups is 1. The number of rotatable bonds is 4. The number of likely N-dealkylation sites (tertiary alicyclic amines) is 2. The number of hydrogen-bond donors (Lipinski definition) is 1. The van der Waals surface area contributed by atoms with Gasteiger partial charge < -0.3 is 10.0 Å². The van der Waals surface area contributed by atoms with Crippen molar-refractivity contribution >= 4 is 5.91 Å². The number of piperidine rings is 2. The first kappa shape index (κ1) is 16.5. The van der Waals surface area contributed by atoms with Crippen molar-refractivity contribution in [2.24, 2.45) is 5.41 Å². The summed E-state index contributed by atoms with van der Waals surface area (Å²) < 4.78 is 0. The predicted octanol–water partition coefficient (Wildman–Crippen LogP) is 2.19. The molecule has 1 amide bonds. The van der Waals surface area contributed by atoms with E-state index in [-0.39, 0.29) is 17.9 Å². The number of amides is 1. The van der Waals surface area contributed by atoms with Crippen molar-refractivity contribution in [2.45, 2.75) is 39.2 Å². The van der Waals surface area contributed by atoms with E-state index in [9.17, 15) is 4.79 Å². The molecule has 1 aromatic rings. The number of β-amino-alcohol motifs (C(OH)–C–C–N with tert-alkyl or cyclic N) is 1. The number of nitrogens with zero attached hydrogens (tertiary/aromatic N) is 2. The molecule has 0 bridgehead atoms. The maximum atomic E-state index is 12.0. The van der Waals surface area contributed by atoms with Crippen LogP contribution in [0, 0.1) is 12.3 Å². The summed E-state index contributed by atoms with van der Waals surface area (Å²) in [5.41, 5.74) is 3.07. The van der Waals surface area contributed by atoms with Crippen LogP contribution in [0.2, 0.25) is 0 Å². The van der Waals surface area contributed by atoms with E-state index in [0.29, 0.717) is 13.0 Å². The van der Waals surface area contributed by atoms with Crippen molar-refractivity contribution in [3.05, 3.63) is 35.4 Å². The van der Waals surface area contributed by atoms with Crippen LogP contribution in [0.1, 0.15) is 36.8 Å². The molecule has 1 N–H and O–H groups in total. The summed E-state index contributed by atoms with van der Waals surface area (Å²) in [5.74, 6) is 0.215. The molecule has 2 aliphatic rings. The van der Waals surface area contributed by atoms with Gasteiger partial charge in [-0.1, -0.05) is 24.3 Å². The Bertz CT molecular complexity index is 550. The predicted molar refractivity (Wildman–Crippen MR) is 91.0 cm³/mol. The molecular formula is C19H28N2O2. The molecular weight excluding hydrogens is 288 g/mol. The Hall–Kier alpha value is -1.39. The molecule has 0 saturated carbocycles. The lowest BCUT2D eigenvalue weighted by atomic mass is 9.72. The quantitative estimate of drug-likeness (QED) is 0.926. The van der Waals surface area contributed by atoms with E-state index in [1.54, 1.807) is 0 Å². The molecule has 2 saturated heterocycles. The summed E-state index contributed by atoms with van der Waals surface area (Å²) in [4.78, 5) is 16.4. The van der Waals surface area contributed by atoms with Crippen molar-refractivity contribution in [3.8, 4) is 0 Å². The minimum absolute atomic E-state index is 0.0707. The Balaban J connectivity index is 1.57. The second kappa shape index (κ2) is 7.02. The fourth-order valence-electron chi connectivity index (χ4n) is 4.05. The first-order chi connectivity index (χ1) is 11.1. The SMILES string of the molecule is Cc1ccccc1CN1CCC2(CCC(=O)N(CCO)C2)CC1. The first-order valence-corrected chi connectivity index (χ1v) is 8.77. The summed E-state index contributed by atoms with van der Waals surface area (Å²) in [6.45, 7) is 6.83.